The Hall–Kier alpha value is -1.82. The lowest BCUT2D eigenvalue weighted by molar-refractivity contribution is 0.243. The van der Waals surface area contributed by atoms with Gasteiger partial charge in [-0.15, -0.1) is 0 Å². The monoisotopic (exact) mass is 350 g/mol. The highest BCUT2D eigenvalue weighted by Gasteiger charge is 2.11. The van der Waals surface area contributed by atoms with Gasteiger partial charge in [0.05, 0.1) is 13.2 Å². The maximum atomic E-state index is 9.26. The molecule has 6 heteroatoms. The van der Waals surface area contributed by atoms with Gasteiger partial charge in [-0.2, -0.15) is 0 Å². The van der Waals surface area contributed by atoms with Crippen LogP contribution in [0.25, 0.3) is 0 Å². The second kappa shape index (κ2) is 12.5. The third-order valence-corrected chi connectivity index (χ3v) is 3.78. The first-order chi connectivity index (χ1) is 12.1. The van der Waals surface area contributed by atoms with Crippen LogP contribution in [0.1, 0.15) is 46.1 Å². The molecule has 1 rings (SSSR count). The molecule has 0 aliphatic carbocycles. The molecule has 0 saturated carbocycles. The van der Waals surface area contributed by atoms with Gasteiger partial charge in [-0.25, -0.2) is 9.98 Å². The normalized spacial score (nSPS) is 13.0. The molecule has 0 aromatic carbocycles. The van der Waals surface area contributed by atoms with E-state index in [0.717, 1.165) is 37.5 Å². The van der Waals surface area contributed by atoms with Crippen LogP contribution in [0.4, 0.5) is 0 Å². The standard InChI is InChI=1S/C19H34N4O2/c1-5-20-19(22-13-16(9-11-24)12-15(3)4)23-14-17-8-7-10-21-18(17)25-6-2/h7-8,10,15-16,24H,5-6,9,11-14H2,1-4H3,(H2,20,22,23). The molecule has 0 bridgehead atoms. The Bertz CT molecular complexity index is 506. The van der Waals surface area contributed by atoms with Crippen molar-refractivity contribution >= 4 is 5.96 Å². The summed E-state index contributed by atoms with van der Waals surface area (Å²) in [6.45, 7) is 11.3. The number of rotatable bonds is 11. The lowest BCUT2D eigenvalue weighted by Crippen LogP contribution is -2.40. The van der Waals surface area contributed by atoms with Crippen LogP contribution in [0.15, 0.2) is 23.3 Å². The average molecular weight is 351 g/mol. The van der Waals surface area contributed by atoms with Crippen LogP contribution in [0.2, 0.25) is 0 Å². The molecule has 25 heavy (non-hydrogen) atoms. The smallest absolute Gasteiger partial charge is 0.218 e. The first-order valence-corrected chi connectivity index (χ1v) is 9.30. The van der Waals surface area contributed by atoms with Crippen LogP contribution in [0, 0.1) is 11.8 Å². The summed E-state index contributed by atoms with van der Waals surface area (Å²) in [4.78, 5) is 8.91. The van der Waals surface area contributed by atoms with E-state index in [1.165, 1.54) is 0 Å². The first-order valence-electron chi connectivity index (χ1n) is 9.30. The van der Waals surface area contributed by atoms with Gasteiger partial charge in [-0.3, -0.25) is 0 Å². The number of hydrogen-bond donors (Lipinski definition) is 3. The van der Waals surface area contributed by atoms with E-state index in [-0.39, 0.29) is 6.61 Å². The summed E-state index contributed by atoms with van der Waals surface area (Å²) in [6, 6.07) is 3.88. The lowest BCUT2D eigenvalue weighted by atomic mass is 9.94. The molecule has 0 radical (unpaired) electrons. The number of aromatic nitrogens is 1. The van der Waals surface area contributed by atoms with E-state index < -0.39 is 0 Å². The van der Waals surface area contributed by atoms with Crippen molar-refractivity contribution in [2.24, 2.45) is 16.8 Å². The Labute approximate surface area is 152 Å². The Morgan fingerprint density at radius 2 is 2.12 bits per heavy atom. The zero-order chi connectivity index (χ0) is 18.5. The van der Waals surface area contributed by atoms with Crippen molar-refractivity contribution in [2.45, 2.75) is 47.1 Å². The number of hydrogen-bond acceptors (Lipinski definition) is 4. The number of nitrogens with zero attached hydrogens (tertiary/aromatic N) is 2. The fourth-order valence-corrected chi connectivity index (χ4v) is 2.71. The van der Waals surface area contributed by atoms with Crippen LogP contribution >= 0.6 is 0 Å². The molecule has 1 atom stereocenters. The van der Waals surface area contributed by atoms with E-state index in [9.17, 15) is 5.11 Å². The van der Waals surface area contributed by atoms with Gasteiger partial charge >= 0.3 is 0 Å². The van der Waals surface area contributed by atoms with E-state index in [1.807, 2.05) is 26.0 Å². The Morgan fingerprint density at radius 3 is 2.76 bits per heavy atom. The molecule has 3 N–H and O–H groups in total. The predicted molar refractivity (Wildman–Crippen MR) is 103 cm³/mol. The number of aliphatic imine (C=N–C) groups is 1. The quantitative estimate of drug-likeness (QED) is 0.422. The van der Waals surface area contributed by atoms with E-state index in [1.54, 1.807) is 6.20 Å². The van der Waals surface area contributed by atoms with E-state index in [0.29, 0.717) is 30.9 Å². The molecule has 0 fully saturated rings. The minimum Gasteiger partial charge on any atom is -0.478 e. The zero-order valence-corrected chi connectivity index (χ0v) is 16.1. The van der Waals surface area contributed by atoms with Crippen molar-refractivity contribution in [1.82, 2.24) is 15.6 Å². The van der Waals surface area contributed by atoms with Gasteiger partial charge in [0.1, 0.15) is 0 Å². The molecule has 1 unspecified atom stereocenters. The summed E-state index contributed by atoms with van der Waals surface area (Å²) in [5, 5.41) is 15.9. The number of aliphatic hydroxyl groups is 1. The molecule has 6 nitrogen and oxygen atoms in total. The topological polar surface area (TPSA) is 78.8 Å². The molecule has 1 aromatic rings. The van der Waals surface area contributed by atoms with Crippen molar-refractivity contribution < 1.29 is 9.84 Å². The third-order valence-electron chi connectivity index (χ3n) is 3.78. The lowest BCUT2D eigenvalue weighted by Gasteiger charge is -2.20. The molecule has 142 valence electrons. The largest absolute Gasteiger partial charge is 0.478 e. The summed E-state index contributed by atoms with van der Waals surface area (Å²) < 4.78 is 5.55. The summed E-state index contributed by atoms with van der Waals surface area (Å²) in [7, 11) is 0. The van der Waals surface area contributed by atoms with E-state index in [2.05, 4.69) is 34.5 Å². The average Bonchev–Trinajstić information content (AvgIpc) is 2.58. The highest BCUT2D eigenvalue weighted by atomic mass is 16.5. The zero-order valence-electron chi connectivity index (χ0n) is 16.1. The van der Waals surface area contributed by atoms with Crippen LogP contribution < -0.4 is 15.4 Å². The maximum Gasteiger partial charge on any atom is 0.218 e. The van der Waals surface area contributed by atoms with Crippen molar-refractivity contribution in [2.75, 3.05) is 26.3 Å². The van der Waals surface area contributed by atoms with E-state index in [4.69, 9.17) is 4.74 Å². The summed E-state index contributed by atoms with van der Waals surface area (Å²) in [5.74, 6) is 2.47. The van der Waals surface area contributed by atoms with Gasteiger partial charge < -0.3 is 20.5 Å². The molecule has 1 aromatic heterocycles. The van der Waals surface area contributed by atoms with Gasteiger partial charge in [-0.1, -0.05) is 19.9 Å². The van der Waals surface area contributed by atoms with Gasteiger partial charge in [0.15, 0.2) is 5.96 Å². The fourth-order valence-electron chi connectivity index (χ4n) is 2.71. The first kappa shape index (κ1) is 21.2. The van der Waals surface area contributed by atoms with Crippen molar-refractivity contribution in [3.05, 3.63) is 23.9 Å². The molecule has 1 heterocycles. The molecular weight excluding hydrogens is 316 g/mol. The number of pyridine rings is 1. The Morgan fingerprint density at radius 1 is 1.32 bits per heavy atom. The SMILES string of the molecule is CCNC(=NCc1cccnc1OCC)NCC(CCO)CC(C)C. The molecular formula is C19H34N4O2. The van der Waals surface area contributed by atoms with Crippen molar-refractivity contribution in [3.8, 4) is 5.88 Å². The van der Waals surface area contributed by atoms with Crippen LogP contribution in [0.5, 0.6) is 5.88 Å². The minimum atomic E-state index is 0.222. The number of aliphatic hydroxyl groups excluding tert-OH is 1. The number of guanidine groups is 1. The second-order valence-electron chi connectivity index (χ2n) is 6.48. The summed E-state index contributed by atoms with van der Waals surface area (Å²) in [6.07, 6.45) is 3.62. The molecule has 0 amide bonds. The van der Waals surface area contributed by atoms with Gasteiger partial charge in [0, 0.05) is 31.5 Å². The fraction of sp³-hybridized carbons (Fsp3) is 0.684. The summed E-state index contributed by atoms with van der Waals surface area (Å²) >= 11 is 0. The molecule has 0 spiro atoms. The predicted octanol–water partition coefficient (Wildman–Crippen LogP) is 2.58. The van der Waals surface area contributed by atoms with Crippen LogP contribution in [-0.2, 0) is 6.54 Å². The van der Waals surface area contributed by atoms with Crippen molar-refractivity contribution in [3.63, 3.8) is 0 Å². The van der Waals surface area contributed by atoms with Crippen LogP contribution in [0.3, 0.4) is 0 Å². The molecule has 0 aliphatic rings. The summed E-state index contributed by atoms with van der Waals surface area (Å²) in [5.41, 5.74) is 0.968. The Balaban J connectivity index is 2.70. The highest BCUT2D eigenvalue weighted by Crippen LogP contribution is 2.16. The van der Waals surface area contributed by atoms with Crippen LogP contribution in [-0.4, -0.2) is 42.4 Å². The minimum absolute atomic E-state index is 0.222. The van der Waals surface area contributed by atoms with Gasteiger partial charge in [-0.05, 0) is 44.6 Å². The van der Waals surface area contributed by atoms with E-state index >= 15 is 0 Å². The molecule has 0 saturated heterocycles. The third kappa shape index (κ3) is 8.72. The maximum absolute atomic E-state index is 9.26. The molecule has 0 aliphatic heterocycles. The number of nitrogens with one attached hydrogen (secondary N) is 2. The van der Waals surface area contributed by atoms with Gasteiger partial charge in [0.25, 0.3) is 0 Å². The Kier molecular flexibility index (Phi) is 10.6. The number of ether oxygens (including phenoxy) is 1. The van der Waals surface area contributed by atoms with Gasteiger partial charge in [0.2, 0.25) is 5.88 Å². The second-order valence-corrected chi connectivity index (χ2v) is 6.48. The van der Waals surface area contributed by atoms with Crippen molar-refractivity contribution in [1.29, 1.82) is 0 Å². The highest BCUT2D eigenvalue weighted by molar-refractivity contribution is 5.79.